The molecule has 0 bridgehead atoms. The zero-order chi connectivity index (χ0) is 10.5. The first kappa shape index (κ1) is 10.3. The van der Waals surface area contributed by atoms with Crippen molar-refractivity contribution in [2.24, 2.45) is 7.05 Å². The second kappa shape index (κ2) is 5.04. The lowest BCUT2D eigenvalue weighted by atomic mass is 10.3. The highest BCUT2D eigenvalue weighted by Gasteiger charge is 1.98. The van der Waals surface area contributed by atoms with Crippen LogP contribution in [-0.4, -0.2) is 21.1 Å². The van der Waals surface area contributed by atoms with Gasteiger partial charge in [0.05, 0.1) is 23.2 Å². The Labute approximate surface area is 93.0 Å². The lowest BCUT2D eigenvalue weighted by Gasteiger charge is -2.03. The summed E-state index contributed by atoms with van der Waals surface area (Å²) in [4.78, 5) is 8.29. The van der Waals surface area contributed by atoms with Crippen molar-refractivity contribution in [3.05, 3.63) is 34.8 Å². The third-order valence-electron chi connectivity index (χ3n) is 2.26. The molecule has 5 heteroatoms. The van der Waals surface area contributed by atoms with Gasteiger partial charge in [0.15, 0.2) is 0 Å². The molecule has 2 heterocycles. The Hall–Kier alpha value is -1.20. The van der Waals surface area contributed by atoms with E-state index in [1.165, 1.54) is 5.69 Å². The normalized spacial score (nSPS) is 10.7. The van der Waals surface area contributed by atoms with E-state index in [2.05, 4.69) is 20.7 Å². The molecule has 0 saturated heterocycles. The highest BCUT2D eigenvalue weighted by Crippen LogP contribution is 2.01. The van der Waals surface area contributed by atoms with Gasteiger partial charge in [-0.3, -0.25) is 0 Å². The number of nitrogens with one attached hydrogen (secondary N) is 1. The third kappa shape index (κ3) is 2.87. The van der Waals surface area contributed by atoms with E-state index in [1.807, 2.05) is 29.6 Å². The predicted molar refractivity (Wildman–Crippen MR) is 60.7 cm³/mol. The molecule has 0 saturated carbocycles. The molecule has 0 atom stereocenters. The molecule has 15 heavy (non-hydrogen) atoms. The minimum atomic E-state index is 0.862. The third-order valence-corrected chi connectivity index (χ3v) is 2.90. The Balaban J connectivity index is 1.70. The number of thiazole rings is 1. The number of aryl methyl sites for hydroxylation is 1. The molecular formula is C10H14N4S. The standard InChI is InChI=1S/C10H14N4S/c1-14-7-12-5-10(14)4-11-3-2-9-6-15-8-13-9/h5-8,11H,2-4H2,1H3. The van der Waals surface area contributed by atoms with Gasteiger partial charge in [0.2, 0.25) is 0 Å². The van der Waals surface area contributed by atoms with Crippen LogP contribution in [0.25, 0.3) is 0 Å². The van der Waals surface area contributed by atoms with Crippen molar-refractivity contribution in [2.75, 3.05) is 6.54 Å². The average Bonchev–Trinajstić information content (AvgIpc) is 2.85. The molecule has 0 unspecified atom stereocenters. The van der Waals surface area contributed by atoms with Crippen LogP contribution >= 0.6 is 11.3 Å². The van der Waals surface area contributed by atoms with Crippen LogP contribution in [0.3, 0.4) is 0 Å². The van der Waals surface area contributed by atoms with Crippen LogP contribution in [0, 0.1) is 0 Å². The summed E-state index contributed by atoms with van der Waals surface area (Å²) >= 11 is 1.64. The summed E-state index contributed by atoms with van der Waals surface area (Å²) in [5.74, 6) is 0. The molecule has 0 spiro atoms. The van der Waals surface area contributed by atoms with Gasteiger partial charge in [0.25, 0.3) is 0 Å². The van der Waals surface area contributed by atoms with Gasteiger partial charge in [-0.05, 0) is 0 Å². The van der Waals surface area contributed by atoms with Gasteiger partial charge in [-0.25, -0.2) is 9.97 Å². The largest absolute Gasteiger partial charge is 0.337 e. The monoisotopic (exact) mass is 222 g/mol. The van der Waals surface area contributed by atoms with Gasteiger partial charge in [0, 0.05) is 38.1 Å². The summed E-state index contributed by atoms with van der Waals surface area (Å²) < 4.78 is 2.02. The molecule has 2 rings (SSSR count). The first-order valence-corrected chi connectivity index (χ1v) is 5.83. The highest BCUT2D eigenvalue weighted by molar-refractivity contribution is 7.07. The Kier molecular flexibility index (Phi) is 3.47. The second-order valence-electron chi connectivity index (χ2n) is 3.40. The molecule has 80 valence electrons. The molecule has 0 aliphatic rings. The smallest absolute Gasteiger partial charge is 0.0945 e. The zero-order valence-corrected chi connectivity index (χ0v) is 9.50. The van der Waals surface area contributed by atoms with Gasteiger partial charge in [0.1, 0.15) is 0 Å². The number of hydrogen-bond donors (Lipinski definition) is 1. The van der Waals surface area contributed by atoms with Crippen LogP contribution in [-0.2, 0) is 20.0 Å². The Morgan fingerprint density at radius 2 is 2.47 bits per heavy atom. The molecule has 0 aliphatic heterocycles. The van der Waals surface area contributed by atoms with Crippen LogP contribution in [0.1, 0.15) is 11.4 Å². The van der Waals surface area contributed by atoms with Crippen LogP contribution in [0.2, 0.25) is 0 Å². The molecule has 0 fully saturated rings. The van der Waals surface area contributed by atoms with E-state index in [0.29, 0.717) is 0 Å². The minimum Gasteiger partial charge on any atom is -0.337 e. The van der Waals surface area contributed by atoms with Crippen LogP contribution in [0.15, 0.2) is 23.4 Å². The Morgan fingerprint density at radius 1 is 1.53 bits per heavy atom. The molecule has 0 amide bonds. The first-order chi connectivity index (χ1) is 7.36. The minimum absolute atomic E-state index is 0.862. The van der Waals surface area contributed by atoms with Gasteiger partial charge in [-0.15, -0.1) is 11.3 Å². The summed E-state index contributed by atoms with van der Waals surface area (Å²) in [6.07, 6.45) is 4.69. The summed E-state index contributed by atoms with van der Waals surface area (Å²) in [5.41, 5.74) is 4.24. The lowest BCUT2D eigenvalue weighted by molar-refractivity contribution is 0.649. The molecule has 0 aromatic carbocycles. The number of hydrogen-bond acceptors (Lipinski definition) is 4. The lowest BCUT2D eigenvalue weighted by Crippen LogP contribution is -2.18. The molecule has 2 aromatic heterocycles. The number of aromatic nitrogens is 3. The summed E-state index contributed by atoms with van der Waals surface area (Å²) in [7, 11) is 2.00. The van der Waals surface area contributed by atoms with Gasteiger partial charge < -0.3 is 9.88 Å². The van der Waals surface area contributed by atoms with E-state index < -0.39 is 0 Å². The topological polar surface area (TPSA) is 42.7 Å². The predicted octanol–water partition coefficient (Wildman–Crippen LogP) is 1.21. The van der Waals surface area contributed by atoms with E-state index in [9.17, 15) is 0 Å². The molecule has 0 radical (unpaired) electrons. The van der Waals surface area contributed by atoms with Crippen molar-refractivity contribution in [2.45, 2.75) is 13.0 Å². The summed E-state index contributed by atoms with van der Waals surface area (Å²) in [6, 6.07) is 0. The van der Waals surface area contributed by atoms with E-state index in [4.69, 9.17) is 0 Å². The summed E-state index contributed by atoms with van der Waals surface area (Å²) in [5, 5.41) is 5.46. The molecule has 0 aliphatic carbocycles. The fraction of sp³-hybridized carbons (Fsp3) is 0.400. The maximum atomic E-state index is 4.23. The summed E-state index contributed by atoms with van der Waals surface area (Å²) in [6.45, 7) is 1.82. The van der Waals surface area contributed by atoms with E-state index >= 15 is 0 Å². The van der Waals surface area contributed by atoms with E-state index in [-0.39, 0.29) is 0 Å². The number of rotatable bonds is 5. The van der Waals surface area contributed by atoms with Crippen LogP contribution in [0.5, 0.6) is 0 Å². The number of nitrogens with zero attached hydrogens (tertiary/aromatic N) is 3. The quantitative estimate of drug-likeness (QED) is 0.773. The van der Waals surface area contributed by atoms with Gasteiger partial charge >= 0.3 is 0 Å². The number of imidazole rings is 1. The van der Waals surface area contributed by atoms with E-state index in [1.54, 1.807) is 11.3 Å². The molecular weight excluding hydrogens is 208 g/mol. The highest BCUT2D eigenvalue weighted by atomic mass is 32.1. The first-order valence-electron chi connectivity index (χ1n) is 4.89. The van der Waals surface area contributed by atoms with E-state index in [0.717, 1.165) is 25.2 Å². The maximum Gasteiger partial charge on any atom is 0.0945 e. The van der Waals surface area contributed by atoms with Crippen molar-refractivity contribution in [3.63, 3.8) is 0 Å². The van der Waals surface area contributed by atoms with Crippen molar-refractivity contribution in [1.29, 1.82) is 0 Å². The van der Waals surface area contributed by atoms with Gasteiger partial charge in [-0.1, -0.05) is 0 Å². The molecule has 1 N–H and O–H groups in total. The molecule has 4 nitrogen and oxygen atoms in total. The SMILES string of the molecule is Cn1cncc1CNCCc1cscn1. The maximum absolute atomic E-state index is 4.23. The van der Waals surface area contributed by atoms with Crippen molar-refractivity contribution in [1.82, 2.24) is 19.9 Å². The Bertz CT molecular complexity index is 393. The van der Waals surface area contributed by atoms with Crippen LogP contribution in [0.4, 0.5) is 0 Å². The van der Waals surface area contributed by atoms with Crippen molar-refractivity contribution in [3.8, 4) is 0 Å². The fourth-order valence-corrected chi connectivity index (χ4v) is 1.94. The van der Waals surface area contributed by atoms with Crippen molar-refractivity contribution >= 4 is 11.3 Å². The van der Waals surface area contributed by atoms with Crippen LogP contribution < -0.4 is 5.32 Å². The fourth-order valence-electron chi connectivity index (χ4n) is 1.35. The van der Waals surface area contributed by atoms with Crippen molar-refractivity contribution < 1.29 is 0 Å². The second-order valence-corrected chi connectivity index (χ2v) is 4.12. The Morgan fingerprint density at radius 3 is 3.13 bits per heavy atom. The van der Waals surface area contributed by atoms with Gasteiger partial charge in [-0.2, -0.15) is 0 Å². The molecule has 2 aromatic rings. The zero-order valence-electron chi connectivity index (χ0n) is 8.68. The average molecular weight is 222 g/mol.